The molecule has 0 unspecified atom stereocenters. The maximum Gasteiger partial charge on any atom is 0.307 e. The van der Waals surface area contributed by atoms with Gasteiger partial charge in [0.15, 0.2) is 0 Å². The number of hydrogen-bond acceptors (Lipinski definition) is 3. The third-order valence-corrected chi connectivity index (χ3v) is 5.68. The summed E-state index contributed by atoms with van der Waals surface area (Å²) in [7, 11) is 0. The molecule has 0 aromatic heterocycles. The maximum absolute atomic E-state index is 12.8. The largest absolute Gasteiger partial charge is 0.481 e. The second-order valence-corrected chi connectivity index (χ2v) is 8.10. The third-order valence-electron chi connectivity index (χ3n) is 5.68. The summed E-state index contributed by atoms with van der Waals surface area (Å²) in [4.78, 5) is 37.2. The van der Waals surface area contributed by atoms with Crippen molar-refractivity contribution in [3.8, 4) is 0 Å². The fourth-order valence-electron chi connectivity index (χ4n) is 3.91. The lowest BCUT2D eigenvalue weighted by molar-refractivity contribution is -0.147. The summed E-state index contributed by atoms with van der Waals surface area (Å²) in [5, 5.41) is 15.1. The quantitative estimate of drug-likeness (QED) is 0.634. The van der Waals surface area contributed by atoms with E-state index in [2.05, 4.69) is 24.5 Å². The number of carboxylic acid groups (broad SMARTS) is 1. The lowest BCUT2D eigenvalue weighted by atomic mass is 9.78. The number of benzene rings is 2. The van der Waals surface area contributed by atoms with Gasteiger partial charge in [0.1, 0.15) is 0 Å². The fraction of sp³-hybridized carbons (Fsp3) is 0.375. The zero-order chi connectivity index (χ0) is 21.7. The Labute approximate surface area is 176 Å². The van der Waals surface area contributed by atoms with Crippen molar-refractivity contribution in [2.24, 2.45) is 11.8 Å². The smallest absolute Gasteiger partial charge is 0.307 e. The van der Waals surface area contributed by atoms with E-state index >= 15 is 0 Å². The number of aliphatic carboxylic acids is 1. The van der Waals surface area contributed by atoms with Crippen molar-refractivity contribution in [1.29, 1.82) is 0 Å². The molecule has 3 rings (SSSR count). The molecule has 2 amide bonds. The number of para-hydroxylation sites is 1. The Kier molecular flexibility index (Phi) is 6.87. The highest BCUT2D eigenvalue weighted by Gasteiger charge is 2.36. The first-order valence-electron chi connectivity index (χ1n) is 10.4. The number of nitrogens with one attached hydrogen (secondary N) is 2. The van der Waals surface area contributed by atoms with E-state index in [9.17, 15) is 19.5 Å². The summed E-state index contributed by atoms with van der Waals surface area (Å²) < 4.78 is 0. The lowest BCUT2D eigenvalue weighted by Crippen LogP contribution is -2.36. The Hall–Kier alpha value is -3.15. The molecule has 3 N–H and O–H groups in total. The van der Waals surface area contributed by atoms with Crippen LogP contribution in [0.4, 0.5) is 11.4 Å². The van der Waals surface area contributed by atoms with E-state index < -0.39 is 17.8 Å². The van der Waals surface area contributed by atoms with Gasteiger partial charge in [0.25, 0.3) is 5.91 Å². The Morgan fingerprint density at radius 1 is 0.900 bits per heavy atom. The van der Waals surface area contributed by atoms with Crippen LogP contribution < -0.4 is 10.6 Å². The number of carboxylic acids is 1. The molecule has 0 saturated heterocycles. The van der Waals surface area contributed by atoms with Crippen LogP contribution in [0.1, 0.15) is 61.4 Å². The predicted octanol–water partition coefficient (Wildman–Crippen LogP) is 4.89. The molecule has 0 radical (unpaired) electrons. The van der Waals surface area contributed by atoms with E-state index in [0.29, 0.717) is 35.7 Å². The van der Waals surface area contributed by atoms with E-state index in [1.54, 1.807) is 24.3 Å². The van der Waals surface area contributed by atoms with Gasteiger partial charge in [-0.25, -0.2) is 0 Å². The third kappa shape index (κ3) is 5.06. The van der Waals surface area contributed by atoms with Crippen molar-refractivity contribution in [2.75, 3.05) is 10.6 Å². The molecular weight excluding hydrogens is 380 g/mol. The van der Waals surface area contributed by atoms with Gasteiger partial charge in [-0.05, 0) is 48.6 Å². The summed E-state index contributed by atoms with van der Waals surface area (Å²) in [6, 6.07) is 14.4. The van der Waals surface area contributed by atoms with Crippen molar-refractivity contribution in [2.45, 2.75) is 45.4 Å². The van der Waals surface area contributed by atoms with Crippen molar-refractivity contribution < 1.29 is 19.5 Å². The first-order valence-corrected chi connectivity index (χ1v) is 10.4. The molecule has 2 atom stereocenters. The molecule has 0 spiro atoms. The molecule has 0 heterocycles. The minimum Gasteiger partial charge on any atom is -0.481 e. The second-order valence-electron chi connectivity index (χ2n) is 8.10. The van der Waals surface area contributed by atoms with Crippen LogP contribution in [0.25, 0.3) is 0 Å². The van der Waals surface area contributed by atoms with Crippen molar-refractivity contribution >= 4 is 29.2 Å². The summed E-state index contributed by atoms with van der Waals surface area (Å²) >= 11 is 0. The minimum absolute atomic E-state index is 0.332. The molecule has 1 aliphatic rings. The highest BCUT2D eigenvalue weighted by molar-refractivity contribution is 6.10. The van der Waals surface area contributed by atoms with Crippen molar-refractivity contribution in [3.63, 3.8) is 0 Å². The van der Waals surface area contributed by atoms with E-state index in [4.69, 9.17) is 0 Å². The standard InChI is InChI=1S/C24H28N2O4/c1-15(2)16-11-13-17(14-12-16)25-23(28)20-9-5-6-10-21(20)26-22(27)18-7-3-4-8-19(18)24(29)30/h5-6,9-15,18-19H,3-4,7-8H2,1-2H3,(H,25,28)(H,26,27)(H,29,30)/t18-,19+/m1/s1. The highest BCUT2D eigenvalue weighted by Crippen LogP contribution is 2.31. The van der Waals surface area contributed by atoms with Crippen LogP contribution in [-0.4, -0.2) is 22.9 Å². The van der Waals surface area contributed by atoms with Crippen LogP contribution in [0.2, 0.25) is 0 Å². The van der Waals surface area contributed by atoms with E-state index in [-0.39, 0.29) is 11.8 Å². The Bertz CT molecular complexity index is 921. The summed E-state index contributed by atoms with van der Waals surface area (Å²) in [5.41, 5.74) is 2.57. The molecule has 0 bridgehead atoms. The molecule has 1 saturated carbocycles. The zero-order valence-electron chi connectivity index (χ0n) is 17.4. The Morgan fingerprint density at radius 2 is 1.53 bits per heavy atom. The highest BCUT2D eigenvalue weighted by atomic mass is 16.4. The first-order chi connectivity index (χ1) is 14.4. The monoisotopic (exact) mass is 408 g/mol. The van der Waals surface area contributed by atoms with Gasteiger partial charge in [-0.1, -0.05) is 51.0 Å². The van der Waals surface area contributed by atoms with Crippen LogP contribution in [0.3, 0.4) is 0 Å². The van der Waals surface area contributed by atoms with Gasteiger partial charge in [-0.3, -0.25) is 14.4 Å². The maximum atomic E-state index is 12.8. The number of carbonyl (C=O) groups excluding carboxylic acids is 2. The molecule has 2 aromatic rings. The summed E-state index contributed by atoms with van der Waals surface area (Å²) in [6.45, 7) is 4.21. The molecule has 6 nitrogen and oxygen atoms in total. The van der Waals surface area contributed by atoms with Crippen molar-refractivity contribution in [1.82, 2.24) is 0 Å². The lowest BCUT2D eigenvalue weighted by Gasteiger charge is -2.27. The molecule has 0 aliphatic heterocycles. The second kappa shape index (κ2) is 9.57. The van der Waals surface area contributed by atoms with Crippen LogP contribution >= 0.6 is 0 Å². The summed E-state index contributed by atoms with van der Waals surface area (Å²) in [6.07, 6.45) is 2.69. The Balaban J connectivity index is 1.74. The van der Waals surface area contributed by atoms with Crippen LogP contribution in [0.15, 0.2) is 48.5 Å². The molecule has 30 heavy (non-hydrogen) atoms. The van der Waals surface area contributed by atoms with Crippen LogP contribution in [-0.2, 0) is 9.59 Å². The summed E-state index contributed by atoms with van der Waals surface area (Å²) in [5.74, 6) is -2.48. The van der Waals surface area contributed by atoms with Crippen LogP contribution in [0.5, 0.6) is 0 Å². The molecule has 6 heteroatoms. The fourth-order valence-corrected chi connectivity index (χ4v) is 3.91. The predicted molar refractivity (Wildman–Crippen MR) is 117 cm³/mol. The van der Waals surface area contributed by atoms with Gasteiger partial charge in [0, 0.05) is 5.69 Å². The molecular formula is C24H28N2O4. The van der Waals surface area contributed by atoms with E-state index in [0.717, 1.165) is 12.8 Å². The van der Waals surface area contributed by atoms with Gasteiger partial charge in [0.05, 0.1) is 23.1 Å². The SMILES string of the molecule is CC(C)c1ccc(NC(=O)c2ccccc2NC(=O)[C@@H]2CCCC[C@@H]2C(=O)O)cc1. The molecule has 1 fully saturated rings. The van der Waals surface area contributed by atoms with Gasteiger partial charge in [0.2, 0.25) is 5.91 Å². The normalized spacial score (nSPS) is 18.6. The van der Waals surface area contributed by atoms with Crippen molar-refractivity contribution in [3.05, 3.63) is 59.7 Å². The topological polar surface area (TPSA) is 95.5 Å². The number of rotatable bonds is 6. The van der Waals surface area contributed by atoms with Gasteiger partial charge in [-0.15, -0.1) is 0 Å². The average molecular weight is 408 g/mol. The first kappa shape index (κ1) is 21.6. The number of amides is 2. The number of anilines is 2. The Morgan fingerprint density at radius 3 is 2.17 bits per heavy atom. The zero-order valence-corrected chi connectivity index (χ0v) is 17.4. The average Bonchev–Trinajstić information content (AvgIpc) is 2.74. The molecule has 1 aliphatic carbocycles. The molecule has 158 valence electrons. The number of carbonyl (C=O) groups is 3. The van der Waals surface area contributed by atoms with E-state index in [1.807, 2.05) is 24.3 Å². The van der Waals surface area contributed by atoms with Gasteiger partial charge < -0.3 is 15.7 Å². The molecule has 2 aromatic carbocycles. The number of hydrogen-bond donors (Lipinski definition) is 3. The minimum atomic E-state index is -0.939. The van der Waals surface area contributed by atoms with Crippen LogP contribution in [0, 0.1) is 11.8 Å². The van der Waals surface area contributed by atoms with E-state index in [1.165, 1.54) is 5.56 Å². The van der Waals surface area contributed by atoms with Gasteiger partial charge in [-0.2, -0.15) is 0 Å². The van der Waals surface area contributed by atoms with Gasteiger partial charge >= 0.3 is 5.97 Å².